The molecule has 1 aliphatic rings. The van der Waals surface area contributed by atoms with Gasteiger partial charge in [-0.2, -0.15) is 0 Å². The SMILES string of the molecule is CC[C@@H]1CC[C@H](F)[C@H](N(C)c2cnc(-c3ccc(-c4cc(=O)n(C)cc4F)cc3O)nn2)C1. The zero-order chi connectivity index (χ0) is 23.7. The van der Waals surface area contributed by atoms with Crippen molar-refractivity contribution in [3.63, 3.8) is 0 Å². The van der Waals surface area contributed by atoms with E-state index >= 15 is 0 Å². The van der Waals surface area contributed by atoms with E-state index in [2.05, 4.69) is 22.1 Å². The van der Waals surface area contributed by atoms with Crippen molar-refractivity contribution < 1.29 is 13.9 Å². The first-order valence-electron chi connectivity index (χ1n) is 11.0. The Morgan fingerprint density at radius 2 is 2.00 bits per heavy atom. The van der Waals surface area contributed by atoms with Crippen molar-refractivity contribution in [2.24, 2.45) is 13.0 Å². The van der Waals surface area contributed by atoms with E-state index in [1.165, 1.54) is 25.4 Å². The van der Waals surface area contributed by atoms with E-state index in [1.807, 2.05) is 0 Å². The minimum absolute atomic E-state index is 0.0922. The molecule has 0 aliphatic heterocycles. The van der Waals surface area contributed by atoms with Crippen molar-refractivity contribution in [3.05, 3.63) is 52.8 Å². The summed E-state index contributed by atoms with van der Waals surface area (Å²) in [7, 11) is 3.26. The molecule has 0 saturated heterocycles. The fourth-order valence-corrected chi connectivity index (χ4v) is 4.40. The number of phenols is 1. The van der Waals surface area contributed by atoms with Crippen molar-refractivity contribution in [1.82, 2.24) is 19.7 Å². The van der Waals surface area contributed by atoms with E-state index in [9.17, 15) is 18.7 Å². The number of nitrogens with zero attached hydrogens (tertiary/aromatic N) is 5. The largest absolute Gasteiger partial charge is 0.507 e. The van der Waals surface area contributed by atoms with Gasteiger partial charge < -0.3 is 14.6 Å². The molecule has 0 bridgehead atoms. The molecule has 0 unspecified atom stereocenters. The Morgan fingerprint density at radius 1 is 1.21 bits per heavy atom. The van der Waals surface area contributed by atoms with Crippen molar-refractivity contribution in [2.75, 3.05) is 11.9 Å². The number of anilines is 1. The van der Waals surface area contributed by atoms with Crippen LogP contribution in [-0.2, 0) is 7.05 Å². The summed E-state index contributed by atoms with van der Waals surface area (Å²) >= 11 is 0. The summed E-state index contributed by atoms with van der Waals surface area (Å²) < 4.78 is 30.0. The van der Waals surface area contributed by atoms with Gasteiger partial charge in [-0.25, -0.2) is 13.8 Å². The van der Waals surface area contributed by atoms with E-state index in [4.69, 9.17) is 0 Å². The maximum absolute atomic E-state index is 14.6. The highest BCUT2D eigenvalue weighted by atomic mass is 19.1. The van der Waals surface area contributed by atoms with Gasteiger partial charge in [0, 0.05) is 31.9 Å². The molecule has 1 N–H and O–H groups in total. The molecule has 1 saturated carbocycles. The third-order valence-electron chi connectivity index (χ3n) is 6.56. The van der Waals surface area contributed by atoms with Crippen LogP contribution in [0.2, 0.25) is 0 Å². The first-order chi connectivity index (χ1) is 15.8. The minimum atomic E-state index is -0.925. The molecule has 2 aromatic heterocycles. The lowest BCUT2D eigenvalue weighted by Crippen LogP contribution is -2.44. The summed E-state index contributed by atoms with van der Waals surface area (Å²) in [5, 5.41) is 18.8. The molecule has 7 nitrogen and oxygen atoms in total. The standard InChI is InChI=1S/C24H27F2N5O2/c1-4-14-5-8-18(25)20(9-14)31(3)22-12-27-24(29-28-22)16-7-6-15(10-21(16)32)17-11-23(33)30(2)13-19(17)26/h6-7,10-14,18,20,32H,4-5,8-9H2,1-3H3/t14-,18+,20-/m1/s1. The molecule has 3 aromatic rings. The molecule has 0 spiro atoms. The van der Waals surface area contributed by atoms with Gasteiger partial charge in [0.1, 0.15) is 17.7 Å². The maximum Gasteiger partial charge on any atom is 0.251 e. The van der Waals surface area contributed by atoms with Crippen LogP contribution in [-0.4, -0.2) is 44.1 Å². The second-order valence-electron chi connectivity index (χ2n) is 8.64. The van der Waals surface area contributed by atoms with Crippen molar-refractivity contribution in [2.45, 2.75) is 44.8 Å². The van der Waals surface area contributed by atoms with Crippen LogP contribution in [0.4, 0.5) is 14.6 Å². The van der Waals surface area contributed by atoms with Gasteiger partial charge in [-0.3, -0.25) is 4.79 Å². The monoisotopic (exact) mass is 455 g/mol. The third-order valence-corrected chi connectivity index (χ3v) is 6.56. The highest BCUT2D eigenvalue weighted by Gasteiger charge is 2.33. The predicted molar refractivity (Wildman–Crippen MR) is 122 cm³/mol. The van der Waals surface area contributed by atoms with Crippen LogP contribution in [0.25, 0.3) is 22.5 Å². The number of hydrogen-bond donors (Lipinski definition) is 1. The van der Waals surface area contributed by atoms with E-state index in [0.29, 0.717) is 29.3 Å². The Labute approximate surface area is 190 Å². The van der Waals surface area contributed by atoms with Crippen LogP contribution in [0, 0.1) is 11.7 Å². The Bertz CT molecular complexity index is 1200. The van der Waals surface area contributed by atoms with Crippen LogP contribution < -0.4 is 10.5 Å². The molecule has 1 fully saturated rings. The summed E-state index contributed by atoms with van der Waals surface area (Å²) in [6, 6.07) is 5.39. The average molecular weight is 456 g/mol. The maximum atomic E-state index is 14.6. The van der Waals surface area contributed by atoms with Gasteiger partial charge in [0.05, 0.1) is 17.8 Å². The summed E-state index contributed by atoms with van der Waals surface area (Å²) in [4.78, 5) is 18.0. The van der Waals surface area contributed by atoms with Gasteiger partial charge in [-0.1, -0.05) is 19.4 Å². The number of aromatic hydroxyl groups is 1. The molecule has 1 aromatic carbocycles. The molecule has 2 heterocycles. The highest BCUT2D eigenvalue weighted by molar-refractivity contribution is 5.73. The van der Waals surface area contributed by atoms with Gasteiger partial charge in [0.2, 0.25) is 0 Å². The number of phenolic OH excluding ortho intramolecular Hbond substituents is 1. The number of rotatable bonds is 5. The predicted octanol–water partition coefficient (Wildman–Crippen LogP) is 4.10. The minimum Gasteiger partial charge on any atom is -0.507 e. The Hall–Kier alpha value is -3.36. The zero-order valence-corrected chi connectivity index (χ0v) is 18.9. The smallest absolute Gasteiger partial charge is 0.251 e. The van der Waals surface area contributed by atoms with Gasteiger partial charge in [-0.15, -0.1) is 10.2 Å². The van der Waals surface area contributed by atoms with E-state index in [-0.39, 0.29) is 28.7 Å². The molecule has 9 heteroatoms. The topological polar surface area (TPSA) is 84.1 Å². The Morgan fingerprint density at radius 3 is 2.67 bits per heavy atom. The highest BCUT2D eigenvalue weighted by Crippen LogP contribution is 2.34. The van der Waals surface area contributed by atoms with Crippen LogP contribution in [0.15, 0.2) is 41.5 Å². The number of aromatic nitrogens is 4. The van der Waals surface area contributed by atoms with Gasteiger partial charge in [0.15, 0.2) is 11.6 Å². The molecule has 33 heavy (non-hydrogen) atoms. The van der Waals surface area contributed by atoms with Crippen LogP contribution in [0.5, 0.6) is 5.75 Å². The van der Waals surface area contributed by atoms with E-state index < -0.39 is 12.0 Å². The number of halogens is 2. The number of hydrogen-bond acceptors (Lipinski definition) is 6. The molecular formula is C24H27F2N5O2. The molecular weight excluding hydrogens is 428 g/mol. The van der Waals surface area contributed by atoms with Gasteiger partial charge in [-0.05, 0) is 42.9 Å². The van der Waals surface area contributed by atoms with Gasteiger partial charge in [0.25, 0.3) is 5.56 Å². The number of alkyl halides is 1. The number of aryl methyl sites for hydroxylation is 1. The average Bonchev–Trinajstić information content (AvgIpc) is 2.81. The van der Waals surface area contributed by atoms with Crippen molar-refractivity contribution >= 4 is 5.82 Å². The molecule has 174 valence electrons. The van der Waals surface area contributed by atoms with E-state index in [0.717, 1.165) is 30.0 Å². The lowest BCUT2D eigenvalue weighted by atomic mass is 9.82. The lowest BCUT2D eigenvalue weighted by molar-refractivity contribution is 0.170. The summed E-state index contributed by atoms with van der Waals surface area (Å²) in [5.41, 5.74) is 0.403. The molecule has 3 atom stereocenters. The normalized spacial score (nSPS) is 20.6. The quantitative estimate of drug-likeness (QED) is 0.624. The van der Waals surface area contributed by atoms with E-state index in [1.54, 1.807) is 24.1 Å². The first-order valence-corrected chi connectivity index (χ1v) is 11.0. The molecule has 0 amide bonds. The first kappa shape index (κ1) is 22.8. The number of pyridine rings is 1. The Balaban J connectivity index is 1.57. The van der Waals surface area contributed by atoms with Crippen LogP contribution >= 0.6 is 0 Å². The third kappa shape index (κ3) is 4.58. The lowest BCUT2D eigenvalue weighted by Gasteiger charge is -2.37. The number of benzene rings is 1. The second-order valence-corrected chi connectivity index (χ2v) is 8.64. The fraction of sp³-hybridized carbons (Fsp3) is 0.417. The van der Waals surface area contributed by atoms with Crippen LogP contribution in [0.3, 0.4) is 0 Å². The van der Waals surface area contributed by atoms with Crippen molar-refractivity contribution in [1.29, 1.82) is 0 Å². The Kier molecular flexibility index (Phi) is 6.40. The molecule has 0 radical (unpaired) electrons. The molecule has 4 rings (SSSR count). The van der Waals surface area contributed by atoms with Crippen LogP contribution in [0.1, 0.15) is 32.6 Å². The summed E-state index contributed by atoms with van der Waals surface area (Å²) in [6.45, 7) is 2.12. The zero-order valence-electron chi connectivity index (χ0n) is 18.9. The second kappa shape index (κ2) is 9.25. The van der Waals surface area contributed by atoms with Crippen molar-refractivity contribution in [3.8, 4) is 28.3 Å². The van der Waals surface area contributed by atoms with Gasteiger partial charge >= 0.3 is 0 Å². The fourth-order valence-electron chi connectivity index (χ4n) is 4.40. The summed E-state index contributed by atoms with van der Waals surface area (Å²) in [5.74, 6) is 0.398. The molecule has 1 aliphatic carbocycles. The summed E-state index contributed by atoms with van der Waals surface area (Å²) in [6.07, 6.45) is 4.92.